The number of hydrogen-bond acceptors (Lipinski definition) is 3. The van der Waals surface area contributed by atoms with E-state index in [1.165, 1.54) is 6.42 Å². The standard InChI is InChI=1S/C13H22N2O2/c14-13(6-1-2-7-13)12(16)15-8-9-17-11-5-3-4-10(11)15/h10-11H,1-9,14H2. The van der Waals surface area contributed by atoms with Gasteiger partial charge in [0.15, 0.2) is 0 Å². The molecule has 0 spiro atoms. The van der Waals surface area contributed by atoms with E-state index in [2.05, 4.69) is 0 Å². The van der Waals surface area contributed by atoms with E-state index in [1.54, 1.807) is 0 Å². The average Bonchev–Trinajstić information content (AvgIpc) is 2.96. The second kappa shape index (κ2) is 4.25. The molecule has 2 aliphatic carbocycles. The number of morpholine rings is 1. The highest BCUT2D eigenvalue weighted by Gasteiger charge is 2.45. The first-order chi connectivity index (χ1) is 8.21. The van der Waals surface area contributed by atoms with E-state index in [0.717, 1.165) is 45.1 Å². The van der Waals surface area contributed by atoms with Gasteiger partial charge in [-0.05, 0) is 32.1 Å². The lowest BCUT2D eigenvalue weighted by Crippen LogP contribution is -2.60. The number of fused-ring (bicyclic) bond motifs is 1. The molecule has 0 bridgehead atoms. The Kier molecular flexibility index (Phi) is 2.87. The summed E-state index contributed by atoms with van der Waals surface area (Å²) in [7, 11) is 0. The van der Waals surface area contributed by atoms with Crippen LogP contribution in [0.1, 0.15) is 44.9 Å². The molecule has 4 heteroatoms. The van der Waals surface area contributed by atoms with Crippen molar-refractivity contribution >= 4 is 5.91 Å². The van der Waals surface area contributed by atoms with Crippen LogP contribution in [0.15, 0.2) is 0 Å². The van der Waals surface area contributed by atoms with Crippen LogP contribution in [0.3, 0.4) is 0 Å². The maximum absolute atomic E-state index is 12.6. The predicted molar refractivity (Wildman–Crippen MR) is 64.5 cm³/mol. The number of amides is 1. The predicted octanol–water partition coefficient (Wildman–Crippen LogP) is 1.04. The van der Waals surface area contributed by atoms with E-state index in [4.69, 9.17) is 10.5 Å². The molecule has 1 saturated heterocycles. The van der Waals surface area contributed by atoms with E-state index in [-0.39, 0.29) is 12.0 Å². The van der Waals surface area contributed by atoms with Crippen molar-refractivity contribution in [3.8, 4) is 0 Å². The third kappa shape index (κ3) is 1.87. The Balaban J connectivity index is 1.76. The first kappa shape index (κ1) is 11.5. The summed E-state index contributed by atoms with van der Waals surface area (Å²) in [5.41, 5.74) is 5.72. The van der Waals surface area contributed by atoms with Crippen LogP contribution in [0, 0.1) is 0 Å². The fourth-order valence-corrected chi connectivity index (χ4v) is 3.68. The van der Waals surface area contributed by atoms with Crippen molar-refractivity contribution in [2.75, 3.05) is 13.2 Å². The summed E-state index contributed by atoms with van der Waals surface area (Å²) in [6, 6.07) is 0.303. The van der Waals surface area contributed by atoms with Crippen LogP contribution >= 0.6 is 0 Å². The van der Waals surface area contributed by atoms with Crippen molar-refractivity contribution < 1.29 is 9.53 Å². The zero-order valence-electron chi connectivity index (χ0n) is 10.4. The number of ether oxygens (including phenoxy) is 1. The van der Waals surface area contributed by atoms with Crippen LogP contribution in [0.4, 0.5) is 0 Å². The third-order valence-electron chi connectivity index (χ3n) is 4.66. The summed E-state index contributed by atoms with van der Waals surface area (Å²) in [5, 5.41) is 0. The van der Waals surface area contributed by atoms with Crippen molar-refractivity contribution in [3.63, 3.8) is 0 Å². The smallest absolute Gasteiger partial charge is 0.243 e. The monoisotopic (exact) mass is 238 g/mol. The molecule has 4 nitrogen and oxygen atoms in total. The fourth-order valence-electron chi connectivity index (χ4n) is 3.68. The first-order valence-electron chi connectivity index (χ1n) is 6.92. The minimum absolute atomic E-state index is 0.190. The number of carbonyl (C=O) groups is 1. The highest BCUT2D eigenvalue weighted by molar-refractivity contribution is 5.87. The number of hydrogen-bond donors (Lipinski definition) is 1. The first-order valence-corrected chi connectivity index (χ1v) is 6.92. The highest BCUT2D eigenvalue weighted by atomic mass is 16.5. The summed E-state index contributed by atoms with van der Waals surface area (Å²) < 4.78 is 5.74. The normalized spacial score (nSPS) is 35.9. The average molecular weight is 238 g/mol. The summed E-state index contributed by atoms with van der Waals surface area (Å²) in [6.07, 6.45) is 7.57. The molecule has 2 unspecified atom stereocenters. The van der Waals surface area contributed by atoms with E-state index >= 15 is 0 Å². The number of nitrogens with two attached hydrogens (primary N) is 1. The van der Waals surface area contributed by atoms with Crippen molar-refractivity contribution in [1.29, 1.82) is 0 Å². The Labute approximate surface area is 102 Å². The molecule has 0 aromatic carbocycles. The van der Waals surface area contributed by atoms with Crippen molar-refractivity contribution in [3.05, 3.63) is 0 Å². The Morgan fingerprint density at radius 3 is 2.76 bits per heavy atom. The minimum atomic E-state index is -0.565. The molecule has 2 saturated carbocycles. The Hall–Kier alpha value is -0.610. The number of nitrogens with zero attached hydrogens (tertiary/aromatic N) is 1. The summed E-state index contributed by atoms with van der Waals surface area (Å²) in [6.45, 7) is 1.42. The van der Waals surface area contributed by atoms with E-state index in [9.17, 15) is 4.79 Å². The minimum Gasteiger partial charge on any atom is -0.374 e. The number of carbonyl (C=O) groups excluding carboxylic acids is 1. The SMILES string of the molecule is NC1(C(=O)N2CCOC3CCCC32)CCCC1. The third-order valence-corrected chi connectivity index (χ3v) is 4.66. The van der Waals surface area contributed by atoms with Crippen LogP contribution in [0.25, 0.3) is 0 Å². The molecular formula is C13H22N2O2. The molecule has 0 aromatic heterocycles. The lowest BCUT2D eigenvalue weighted by atomic mass is 9.95. The van der Waals surface area contributed by atoms with Gasteiger partial charge in [-0.3, -0.25) is 4.79 Å². The Morgan fingerprint density at radius 2 is 2.00 bits per heavy atom. The van der Waals surface area contributed by atoms with E-state index in [1.807, 2.05) is 4.90 Å². The van der Waals surface area contributed by atoms with Crippen molar-refractivity contribution in [2.45, 2.75) is 62.6 Å². The summed E-state index contributed by atoms with van der Waals surface area (Å²) in [5.74, 6) is 0.190. The van der Waals surface area contributed by atoms with Gasteiger partial charge in [-0.1, -0.05) is 12.8 Å². The van der Waals surface area contributed by atoms with Crippen LogP contribution in [0.5, 0.6) is 0 Å². The van der Waals surface area contributed by atoms with Gasteiger partial charge >= 0.3 is 0 Å². The molecule has 0 aromatic rings. The molecule has 3 fully saturated rings. The fraction of sp³-hybridized carbons (Fsp3) is 0.923. The van der Waals surface area contributed by atoms with Crippen molar-refractivity contribution in [2.24, 2.45) is 5.73 Å². The van der Waals surface area contributed by atoms with Crippen LogP contribution < -0.4 is 5.73 Å². The largest absolute Gasteiger partial charge is 0.374 e. The summed E-state index contributed by atoms with van der Waals surface area (Å²) >= 11 is 0. The molecule has 0 radical (unpaired) electrons. The maximum atomic E-state index is 12.6. The second-order valence-electron chi connectivity index (χ2n) is 5.77. The molecule has 3 aliphatic rings. The topological polar surface area (TPSA) is 55.6 Å². The molecule has 2 atom stereocenters. The Bertz CT molecular complexity index is 313. The molecule has 1 heterocycles. The van der Waals surface area contributed by atoms with Crippen LogP contribution in [-0.4, -0.2) is 41.6 Å². The molecule has 2 N–H and O–H groups in total. The lowest BCUT2D eigenvalue weighted by molar-refractivity contribution is -0.149. The second-order valence-corrected chi connectivity index (χ2v) is 5.77. The zero-order valence-corrected chi connectivity index (χ0v) is 10.4. The van der Waals surface area contributed by atoms with Gasteiger partial charge in [0.05, 0.1) is 24.3 Å². The summed E-state index contributed by atoms with van der Waals surface area (Å²) in [4.78, 5) is 14.6. The molecule has 1 aliphatic heterocycles. The number of rotatable bonds is 1. The van der Waals surface area contributed by atoms with Gasteiger partial charge in [-0.25, -0.2) is 0 Å². The van der Waals surface area contributed by atoms with Crippen LogP contribution in [-0.2, 0) is 9.53 Å². The van der Waals surface area contributed by atoms with Gasteiger partial charge in [0.2, 0.25) is 5.91 Å². The lowest BCUT2D eigenvalue weighted by Gasteiger charge is -2.41. The van der Waals surface area contributed by atoms with Gasteiger partial charge < -0.3 is 15.4 Å². The van der Waals surface area contributed by atoms with E-state index < -0.39 is 5.54 Å². The quantitative estimate of drug-likeness (QED) is 0.742. The van der Waals surface area contributed by atoms with Gasteiger partial charge in [0.25, 0.3) is 0 Å². The molecule has 1 amide bonds. The zero-order chi connectivity index (χ0) is 11.9. The van der Waals surface area contributed by atoms with Gasteiger partial charge in [-0.2, -0.15) is 0 Å². The molecule has 17 heavy (non-hydrogen) atoms. The van der Waals surface area contributed by atoms with Gasteiger partial charge in [0, 0.05) is 6.54 Å². The van der Waals surface area contributed by atoms with Crippen LogP contribution in [0.2, 0.25) is 0 Å². The maximum Gasteiger partial charge on any atom is 0.243 e. The molecular weight excluding hydrogens is 216 g/mol. The van der Waals surface area contributed by atoms with E-state index in [0.29, 0.717) is 12.6 Å². The molecule has 96 valence electrons. The van der Waals surface area contributed by atoms with Crippen molar-refractivity contribution in [1.82, 2.24) is 4.90 Å². The van der Waals surface area contributed by atoms with Gasteiger partial charge in [-0.15, -0.1) is 0 Å². The molecule has 3 rings (SSSR count). The Morgan fingerprint density at radius 1 is 1.24 bits per heavy atom. The van der Waals surface area contributed by atoms with Gasteiger partial charge in [0.1, 0.15) is 0 Å². The highest BCUT2D eigenvalue weighted by Crippen LogP contribution is 2.34.